The van der Waals surface area contributed by atoms with Crippen LogP contribution in [0.25, 0.3) is 0 Å². The molecule has 0 spiro atoms. The van der Waals surface area contributed by atoms with Crippen LogP contribution in [0.2, 0.25) is 5.02 Å². The molecule has 2 unspecified atom stereocenters. The number of alkyl halides is 1. The molecule has 0 saturated carbocycles. The van der Waals surface area contributed by atoms with Crippen molar-refractivity contribution in [3.63, 3.8) is 0 Å². The number of nitrogens with two attached hydrogens (primary N) is 1. The topological polar surface area (TPSA) is 88.8 Å². The Labute approximate surface area is 239 Å². The van der Waals surface area contributed by atoms with Crippen LogP contribution in [-0.2, 0) is 17.8 Å². The summed E-state index contributed by atoms with van der Waals surface area (Å²) in [5, 5.41) is 3.99. The van der Waals surface area contributed by atoms with E-state index in [0.29, 0.717) is 47.6 Å². The third-order valence-electron chi connectivity index (χ3n) is 9.15. The number of halogens is 4. The fraction of sp³-hybridized carbons (Fsp3) is 0.630. The number of ether oxygens (including phenoxy) is 2. The van der Waals surface area contributed by atoms with Crippen molar-refractivity contribution in [2.24, 2.45) is 0 Å². The molecule has 1 aromatic carbocycles. The summed E-state index contributed by atoms with van der Waals surface area (Å²) in [5.74, 6) is 0.263. The van der Waals surface area contributed by atoms with Crippen LogP contribution in [-0.4, -0.2) is 71.4 Å². The minimum absolute atomic E-state index is 0.0283. The Morgan fingerprint density at radius 2 is 2.05 bits per heavy atom. The van der Waals surface area contributed by atoms with E-state index >= 15 is 4.39 Å². The number of anilines is 2. The number of nitrogens with one attached hydrogen (secondary N) is 1. The van der Waals surface area contributed by atoms with Crippen LogP contribution in [0.15, 0.2) is 10.5 Å². The number of fused-ring (bicyclic) bond motifs is 4. The zero-order chi connectivity index (χ0) is 26.9. The molecule has 8 nitrogen and oxygen atoms in total. The van der Waals surface area contributed by atoms with E-state index in [1.54, 1.807) is 0 Å². The molecule has 0 radical (unpaired) electrons. The van der Waals surface area contributed by atoms with Crippen molar-refractivity contribution in [1.29, 1.82) is 0 Å². The molecule has 0 aliphatic carbocycles. The van der Waals surface area contributed by atoms with Gasteiger partial charge < -0.3 is 25.4 Å². The molecule has 4 saturated heterocycles. The van der Waals surface area contributed by atoms with Gasteiger partial charge in [0.1, 0.15) is 18.6 Å². The van der Waals surface area contributed by atoms with E-state index in [9.17, 15) is 4.39 Å². The van der Waals surface area contributed by atoms with E-state index in [0.717, 1.165) is 62.4 Å². The van der Waals surface area contributed by atoms with E-state index < -0.39 is 18.1 Å². The Morgan fingerprint density at radius 1 is 1.26 bits per heavy atom. The van der Waals surface area contributed by atoms with Crippen molar-refractivity contribution in [2.45, 2.75) is 75.0 Å². The average molecular weight is 626 g/mol. The molecular weight excluding hydrogens is 594 g/mol. The molecular formula is C27H32BrClF2N6O2. The highest BCUT2D eigenvalue weighted by Crippen LogP contribution is 2.43. The van der Waals surface area contributed by atoms with Gasteiger partial charge in [-0.3, -0.25) is 4.90 Å². The van der Waals surface area contributed by atoms with Crippen molar-refractivity contribution in [2.75, 3.05) is 43.4 Å². The highest BCUT2D eigenvalue weighted by atomic mass is 79.9. The molecule has 3 N–H and O–H groups in total. The lowest BCUT2D eigenvalue weighted by molar-refractivity contribution is 0.0228. The van der Waals surface area contributed by atoms with Gasteiger partial charge in [-0.05, 0) is 54.2 Å². The molecule has 2 aromatic rings. The molecule has 0 amide bonds. The SMILES string of the molecule is Nc1cc(Cl)c(Br)c([C@H]2Cc3nc(OC[C@@]45CCCN4C[C@H](F)C5)nc(N4CC5CCC(C4)N5)c3CO2)c1F. The number of rotatable bonds is 5. The maximum Gasteiger partial charge on any atom is 0.318 e. The van der Waals surface area contributed by atoms with Crippen molar-refractivity contribution >= 4 is 39.0 Å². The molecule has 7 rings (SSSR count). The molecule has 12 heteroatoms. The second-order valence-corrected chi connectivity index (χ2v) is 12.9. The van der Waals surface area contributed by atoms with Crippen molar-refractivity contribution in [3.05, 3.63) is 38.2 Å². The summed E-state index contributed by atoms with van der Waals surface area (Å²) in [6, 6.07) is 2.51. The predicted octanol–water partition coefficient (Wildman–Crippen LogP) is 4.32. The van der Waals surface area contributed by atoms with Gasteiger partial charge in [-0.2, -0.15) is 9.97 Å². The van der Waals surface area contributed by atoms with Crippen LogP contribution in [0.5, 0.6) is 6.01 Å². The quantitative estimate of drug-likeness (QED) is 0.375. The maximum absolute atomic E-state index is 15.2. The Morgan fingerprint density at radius 3 is 2.85 bits per heavy atom. The zero-order valence-corrected chi connectivity index (χ0v) is 23.9. The summed E-state index contributed by atoms with van der Waals surface area (Å²) in [5.41, 5.74) is 7.51. The maximum atomic E-state index is 15.2. The predicted molar refractivity (Wildman–Crippen MR) is 147 cm³/mol. The first-order valence-electron chi connectivity index (χ1n) is 13.8. The summed E-state index contributed by atoms with van der Waals surface area (Å²) in [6.45, 7) is 3.62. The third kappa shape index (κ3) is 4.58. The van der Waals surface area contributed by atoms with E-state index in [1.165, 1.54) is 6.07 Å². The van der Waals surface area contributed by atoms with Crippen molar-refractivity contribution in [3.8, 4) is 6.01 Å². The Bertz CT molecular complexity index is 1270. The summed E-state index contributed by atoms with van der Waals surface area (Å²) < 4.78 is 42.5. The second-order valence-electron chi connectivity index (χ2n) is 11.7. The smallest absolute Gasteiger partial charge is 0.318 e. The number of nitrogen functional groups attached to an aromatic ring is 1. The lowest BCUT2D eigenvalue weighted by atomic mass is 9.95. The monoisotopic (exact) mass is 624 g/mol. The minimum Gasteiger partial charge on any atom is -0.461 e. The van der Waals surface area contributed by atoms with Crippen LogP contribution >= 0.6 is 27.5 Å². The van der Waals surface area contributed by atoms with E-state index in [1.807, 2.05) is 0 Å². The number of hydrogen-bond acceptors (Lipinski definition) is 8. The van der Waals surface area contributed by atoms with Crippen molar-refractivity contribution < 1.29 is 18.3 Å². The average Bonchev–Trinajstić information content (AvgIpc) is 3.56. The molecule has 1 aromatic heterocycles. The van der Waals surface area contributed by atoms with Gasteiger partial charge >= 0.3 is 6.01 Å². The van der Waals surface area contributed by atoms with Crippen LogP contribution in [0, 0.1) is 5.82 Å². The van der Waals surface area contributed by atoms with E-state index in [2.05, 4.69) is 31.0 Å². The fourth-order valence-electron chi connectivity index (χ4n) is 7.29. The highest BCUT2D eigenvalue weighted by molar-refractivity contribution is 9.10. The van der Waals surface area contributed by atoms with Gasteiger partial charge in [0.05, 0.1) is 34.7 Å². The first kappa shape index (κ1) is 26.1. The molecule has 6 heterocycles. The van der Waals surface area contributed by atoms with Crippen LogP contribution < -0.4 is 20.7 Å². The number of piperazine rings is 1. The van der Waals surface area contributed by atoms with Gasteiger partial charge in [0.2, 0.25) is 0 Å². The Balaban J connectivity index is 1.23. The molecule has 210 valence electrons. The van der Waals surface area contributed by atoms with Gasteiger partial charge in [-0.1, -0.05) is 11.6 Å². The Hall–Kier alpha value is -1.79. The summed E-state index contributed by atoms with van der Waals surface area (Å²) in [7, 11) is 0. The van der Waals surface area contributed by atoms with Crippen molar-refractivity contribution in [1.82, 2.24) is 20.2 Å². The van der Waals surface area contributed by atoms with Crippen LogP contribution in [0.4, 0.5) is 20.3 Å². The lowest BCUT2D eigenvalue weighted by Gasteiger charge is -2.37. The van der Waals surface area contributed by atoms with Gasteiger partial charge in [0.25, 0.3) is 0 Å². The summed E-state index contributed by atoms with van der Waals surface area (Å²) in [6.07, 6.45) is 3.56. The highest BCUT2D eigenvalue weighted by Gasteiger charge is 2.49. The normalized spacial score (nSPS) is 31.9. The number of aromatic nitrogens is 2. The molecule has 5 aliphatic heterocycles. The summed E-state index contributed by atoms with van der Waals surface area (Å²) in [4.78, 5) is 14.3. The van der Waals surface area contributed by atoms with Gasteiger partial charge in [0.15, 0.2) is 5.82 Å². The minimum atomic E-state index is -0.832. The number of hydrogen-bond donors (Lipinski definition) is 2. The standard InChI is InChI=1S/C27H32BrClF2N6O2/c28-23-18(29)6-19(32)24(31)22(23)21-7-20-17(12-38-21)25(36-10-15-2-3-16(11-36)33-15)35-26(34-20)39-13-27-4-1-5-37(27)9-14(30)8-27/h6,14-16,21,33H,1-5,7-13,32H2/t14-,15?,16?,21-,27+/m1/s1. The second kappa shape index (κ2) is 9.94. The molecule has 2 bridgehead atoms. The lowest BCUT2D eigenvalue weighted by Crippen LogP contribution is -2.52. The molecule has 4 fully saturated rings. The fourth-order valence-corrected chi connectivity index (χ4v) is 8.05. The summed E-state index contributed by atoms with van der Waals surface area (Å²) >= 11 is 9.74. The van der Waals surface area contributed by atoms with E-state index in [4.69, 9.17) is 36.8 Å². The first-order chi connectivity index (χ1) is 18.8. The molecule has 5 atom stereocenters. The number of benzene rings is 1. The third-order valence-corrected chi connectivity index (χ3v) is 10.5. The van der Waals surface area contributed by atoms with Gasteiger partial charge in [-0.15, -0.1) is 0 Å². The first-order valence-corrected chi connectivity index (χ1v) is 14.9. The van der Waals surface area contributed by atoms with Gasteiger partial charge in [-0.25, -0.2) is 8.78 Å². The van der Waals surface area contributed by atoms with E-state index in [-0.39, 0.29) is 29.4 Å². The Kier molecular flexibility index (Phi) is 6.66. The van der Waals surface area contributed by atoms with Crippen LogP contribution in [0.3, 0.4) is 0 Å². The molecule has 5 aliphatic rings. The number of nitrogens with zero attached hydrogens (tertiary/aromatic N) is 4. The zero-order valence-electron chi connectivity index (χ0n) is 21.6. The van der Waals surface area contributed by atoms with Gasteiger partial charge in [0, 0.05) is 60.2 Å². The largest absolute Gasteiger partial charge is 0.461 e. The molecule has 39 heavy (non-hydrogen) atoms. The van der Waals surface area contributed by atoms with Crippen LogP contribution in [0.1, 0.15) is 55.0 Å².